The smallest absolute Gasteiger partial charge is 0.123 e. The van der Waals surface area contributed by atoms with Gasteiger partial charge in [-0.05, 0) is 50.6 Å². The van der Waals surface area contributed by atoms with Gasteiger partial charge in [0.05, 0.1) is 18.3 Å². The number of ether oxygens (including phenoxy) is 1. The Kier molecular flexibility index (Phi) is 6.76. The van der Waals surface area contributed by atoms with Crippen molar-refractivity contribution in [2.75, 3.05) is 13.2 Å². The van der Waals surface area contributed by atoms with Crippen LogP contribution in [0.25, 0.3) is 0 Å². The summed E-state index contributed by atoms with van der Waals surface area (Å²) in [7, 11) is 2.00. The first kappa shape index (κ1) is 19.6. The summed E-state index contributed by atoms with van der Waals surface area (Å²) in [5.74, 6) is -0.239. The van der Waals surface area contributed by atoms with Crippen LogP contribution in [0.2, 0.25) is 0 Å². The number of aryl methyl sites for hydroxylation is 1. The lowest BCUT2D eigenvalue weighted by Gasteiger charge is -2.27. The molecule has 0 bridgehead atoms. The SMILES string of the molecule is Cn1cccc1CN(Cc1ccc(F)cc1)C[C@@H](O)COC(C)(C)C. The van der Waals surface area contributed by atoms with Gasteiger partial charge in [-0.1, -0.05) is 12.1 Å². The van der Waals surface area contributed by atoms with Crippen molar-refractivity contribution in [2.24, 2.45) is 7.05 Å². The third kappa shape index (κ3) is 6.98. The molecule has 1 aromatic heterocycles. The Morgan fingerprint density at radius 2 is 1.84 bits per heavy atom. The first-order valence-electron chi connectivity index (χ1n) is 8.62. The summed E-state index contributed by atoms with van der Waals surface area (Å²) < 4.78 is 20.9. The van der Waals surface area contributed by atoms with E-state index in [2.05, 4.69) is 15.5 Å². The second kappa shape index (κ2) is 8.61. The van der Waals surface area contributed by atoms with E-state index in [0.717, 1.165) is 11.3 Å². The third-order valence-corrected chi connectivity index (χ3v) is 3.93. The van der Waals surface area contributed by atoms with Gasteiger partial charge in [-0.25, -0.2) is 4.39 Å². The molecule has 25 heavy (non-hydrogen) atoms. The van der Waals surface area contributed by atoms with Gasteiger partial charge in [0, 0.05) is 38.6 Å². The zero-order valence-corrected chi connectivity index (χ0v) is 15.6. The van der Waals surface area contributed by atoms with E-state index in [1.165, 1.54) is 12.1 Å². The largest absolute Gasteiger partial charge is 0.389 e. The molecule has 0 unspecified atom stereocenters. The highest BCUT2D eigenvalue weighted by Crippen LogP contribution is 2.13. The number of rotatable bonds is 8. The number of hydrogen-bond acceptors (Lipinski definition) is 3. The fourth-order valence-corrected chi connectivity index (χ4v) is 2.62. The zero-order chi connectivity index (χ0) is 18.4. The highest BCUT2D eigenvalue weighted by Gasteiger charge is 2.17. The van der Waals surface area contributed by atoms with Gasteiger partial charge in [0.1, 0.15) is 5.82 Å². The van der Waals surface area contributed by atoms with Crippen molar-refractivity contribution in [3.63, 3.8) is 0 Å². The molecule has 5 heteroatoms. The quantitative estimate of drug-likeness (QED) is 0.795. The van der Waals surface area contributed by atoms with Crippen LogP contribution in [0.3, 0.4) is 0 Å². The first-order chi connectivity index (χ1) is 11.7. The molecule has 0 aliphatic rings. The van der Waals surface area contributed by atoms with Crippen molar-refractivity contribution in [2.45, 2.75) is 45.6 Å². The summed E-state index contributed by atoms with van der Waals surface area (Å²) in [5, 5.41) is 10.4. The Morgan fingerprint density at radius 3 is 2.40 bits per heavy atom. The minimum atomic E-state index is -0.583. The Bertz CT molecular complexity index is 646. The predicted octanol–water partition coefficient (Wildman–Crippen LogP) is 3.34. The normalized spacial score (nSPS) is 13.4. The summed E-state index contributed by atoms with van der Waals surface area (Å²) in [5.41, 5.74) is 1.89. The summed E-state index contributed by atoms with van der Waals surface area (Å²) in [6.07, 6.45) is 1.42. The van der Waals surface area contributed by atoms with Crippen molar-refractivity contribution in [1.29, 1.82) is 0 Å². The van der Waals surface area contributed by atoms with Crippen LogP contribution in [-0.4, -0.2) is 39.4 Å². The molecule has 2 rings (SSSR count). The molecule has 1 atom stereocenters. The maximum absolute atomic E-state index is 13.1. The second-order valence-corrected chi connectivity index (χ2v) is 7.48. The lowest BCUT2D eigenvalue weighted by Crippen LogP contribution is -2.36. The van der Waals surface area contributed by atoms with Crippen LogP contribution in [-0.2, 0) is 24.9 Å². The second-order valence-electron chi connectivity index (χ2n) is 7.48. The fourth-order valence-electron chi connectivity index (χ4n) is 2.62. The van der Waals surface area contributed by atoms with E-state index in [-0.39, 0.29) is 18.0 Å². The van der Waals surface area contributed by atoms with Gasteiger partial charge >= 0.3 is 0 Å². The van der Waals surface area contributed by atoms with E-state index >= 15 is 0 Å². The maximum atomic E-state index is 13.1. The Labute approximate surface area is 149 Å². The van der Waals surface area contributed by atoms with Crippen LogP contribution in [0.5, 0.6) is 0 Å². The van der Waals surface area contributed by atoms with Gasteiger partial charge in [0.15, 0.2) is 0 Å². The van der Waals surface area contributed by atoms with Gasteiger partial charge in [-0.3, -0.25) is 4.90 Å². The van der Waals surface area contributed by atoms with Crippen LogP contribution in [0, 0.1) is 5.82 Å². The van der Waals surface area contributed by atoms with Crippen LogP contribution in [0.4, 0.5) is 4.39 Å². The van der Waals surface area contributed by atoms with Crippen LogP contribution in [0.15, 0.2) is 42.6 Å². The first-order valence-corrected chi connectivity index (χ1v) is 8.62. The van der Waals surface area contributed by atoms with Crippen LogP contribution in [0.1, 0.15) is 32.0 Å². The number of aliphatic hydroxyl groups excluding tert-OH is 1. The molecule has 2 aromatic rings. The molecular formula is C20H29FN2O2. The highest BCUT2D eigenvalue weighted by atomic mass is 19.1. The van der Waals surface area contributed by atoms with Gasteiger partial charge in [0.2, 0.25) is 0 Å². The number of hydrogen-bond donors (Lipinski definition) is 1. The number of benzene rings is 1. The molecule has 1 N–H and O–H groups in total. The maximum Gasteiger partial charge on any atom is 0.123 e. The number of aromatic nitrogens is 1. The minimum Gasteiger partial charge on any atom is -0.389 e. The van der Waals surface area contributed by atoms with Crippen molar-refractivity contribution < 1.29 is 14.2 Å². The average Bonchev–Trinajstić information content (AvgIpc) is 2.92. The van der Waals surface area contributed by atoms with Crippen LogP contribution >= 0.6 is 0 Å². The summed E-state index contributed by atoms with van der Waals surface area (Å²) >= 11 is 0. The standard InChI is InChI=1S/C20H29FN2O2/c1-20(2,3)25-15-19(24)14-23(13-18-6-5-11-22(18)4)12-16-7-9-17(21)10-8-16/h5-11,19,24H,12-15H2,1-4H3/t19-/m1/s1. The monoisotopic (exact) mass is 348 g/mol. The lowest BCUT2D eigenvalue weighted by molar-refractivity contribution is -0.0573. The molecule has 4 nitrogen and oxygen atoms in total. The van der Waals surface area contributed by atoms with Gasteiger partial charge in [-0.2, -0.15) is 0 Å². The fraction of sp³-hybridized carbons (Fsp3) is 0.500. The van der Waals surface area contributed by atoms with Gasteiger partial charge < -0.3 is 14.4 Å². The highest BCUT2D eigenvalue weighted by molar-refractivity contribution is 5.16. The zero-order valence-electron chi connectivity index (χ0n) is 15.6. The van der Waals surface area contributed by atoms with Crippen molar-refractivity contribution in [3.8, 4) is 0 Å². The summed E-state index contributed by atoms with van der Waals surface area (Å²) in [6.45, 7) is 8.03. The molecule has 0 amide bonds. The molecule has 0 spiro atoms. The third-order valence-electron chi connectivity index (χ3n) is 3.93. The average molecular weight is 348 g/mol. The van der Waals surface area contributed by atoms with Crippen molar-refractivity contribution >= 4 is 0 Å². The lowest BCUT2D eigenvalue weighted by atomic mass is 10.2. The van der Waals surface area contributed by atoms with E-state index in [9.17, 15) is 9.50 Å². The Hall–Kier alpha value is -1.69. The number of nitrogens with zero attached hydrogens (tertiary/aromatic N) is 2. The van der Waals surface area contributed by atoms with Gasteiger partial charge in [0.25, 0.3) is 0 Å². The Morgan fingerprint density at radius 1 is 1.16 bits per heavy atom. The molecular weight excluding hydrogens is 319 g/mol. The van der Waals surface area contributed by atoms with Crippen LogP contribution < -0.4 is 0 Å². The predicted molar refractivity (Wildman–Crippen MR) is 97.6 cm³/mol. The van der Waals surface area contributed by atoms with E-state index in [1.807, 2.05) is 40.1 Å². The van der Waals surface area contributed by atoms with Crippen molar-refractivity contribution in [1.82, 2.24) is 9.47 Å². The summed E-state index contributed by atoms with van der Waals surface area (Å²) in [4.78, 5) is 2.15. The van der Waals surface area contributed by atoms with E-state index in [4.69, 9.17) is 4.74 Å². The molecule has 0 aliphatic heterocycles. The molecule has 0 saturated heterocycles. The van der Waals surface area contributed by atoms with E-state index in [1.54, 1.807) is 12.1 Å². The van der Waals surface area contributed by atoms with E-state index < -0.39 is 6.10 Å². The minimum absolute atomic E-state index is 0.239. The molecule has 0 saturated carbocycles. The molecule has 1 heterocycles. The molecule has 1 aromatic carbocycles. The molecule has 0 fully saturated rings. The molecule has 138 valence electrons. The number of halogens is 1. The number of aliphatic hydroxyl groups is 1. The molecule has 0 aliphatic carbocycles. The summed E-state index contributed by atoms with van der Waals surface area (Å²) in [6, 6.07) is 10.6. The Balaban J connectivity index is 2.03. The topological polar surface area (TPSA) is 37.6 Å². The van der Waals surface area contributed by atoms with Gasteiger partial charge in [-0.15, -0.1) is 0 Å². The van der Waals surface area contributed by atoms with E-state index in [0.29, 0.717) is 19.6 Å². The molecule has 0 radical (unpaired) electrons. The van der Waals surface area contributed by atoms with Crippen molar-refractivity contribution in [3.05, 3.63) is 59.7 Å².